The first-order valence-corrected chi connectivity index (χ1v) is 17.0. The van der Waals surface area contributed by atoms with E-state index in [1.165, 1.54) is 28.4 Å². The number of anilines is 1. The summed E-state index contributed by atoms with van der Waals surface area (Å²) in [6.07, 6.45) is 2.54. The lowest BCUT2D eigenvalue weighted by Gasteiger charge is -2.40. The number of nitrogens with zero attached hydrogens (tertiary/aromatic N) is 2. The Balaban J connectivity index is 1.25. The minimum absolute atomic E-state index is 0.0709. The molecule has 1 heterocycles. The van der Waals surface area contributed by atoms with Gasteiger partial charge in [0.05, 0.1) is 23.6 Å². The molecule has 0 saturated carbocycles. The molecule has 47 heavy (non-hydrogen) atoms. The molecule has 0 radical (unpaired) electrons. The number of amides is 3. The Morgan fingerprint density at radius 2 is 1.49 bits per heavy atom. The molecule has 0 aromatic heterocycles. The lowest BCUT2D eigenvalue weighted by Crippen LogP contribution is -2.62. The maximum atomic E-state index is 14.1. The zero-order chi connectivity index (χ0) is 33.0. The van der Waals surface area contributed by atoms with Crippen molar-refractivity contribution in [2.75, 3.05) is 32.1 Å². The van der Waals surface area contributed by atoms with Crippen molar-refractivity contribution in [2.45, 2.75) is 36.2 Å². The smallest absolute Gasteiger partial charge is 0.337 e. The molecule has 242 valence electrons. The highest BCUT2D eigenvalue weighted by atomic mass is 32.2. The molecule has 0 bridgehead atoms. The molecule has 4 aromatic rings. The number of rotatable bonds is 7. The van der Waals surface area contributed by atoms with E-state index >= 15 is 0 Å². The van der Waals surface area contributed by atoms with Crippen LogP contribution < -0.4 is 10.6 Å². The Morgan fingerprint density at radius 1 is 0.809 bits per heavy atom. The van der Waals surface area contributed by atoms with E-state index in [0.29, 0.717) is 11.3 Å². The van der Waals surface area contributed by atoms with Gasteiger partial charge in [-0.15, -0.1) is 0 Å². The summed E-state index contributed by atoms with van der Waals surface area (Å²) in [7, 11) is -2.82. The van der Waals surface area contributed by atoms with Crippen molar-refractivity contribution < 1.29 is 27.5 Å². The van der Waals surface area contributed by atoms with Gasteiger partial charge in [-0.3, -0.25) is 4.79 Å². The molecule has 2 unspecified atom stereocenters. The minimum atomic E-state index is -4.11. The van der Waals surface area contributed by atoms with Crippen molar-refractivity contribution in [3.05, 3.63) is 120 Å². The number of esters is 1. The minimum Gasteiger partial charge on any atom is -0.465 e. The van der Waals surface area contributed by atoms with Gasteiger partial charge in [0.1, 0.15) is 6.04 Å². The second-order valence-corrected chi connectivity index (χ2v) is 13.5. The standard InChI is InChI=1S/C36H36N4O6S/c1-46-35(42)28-14-18-29(19-15-28)37-36(43)39-22-23-40(47(44,45)30-20-16-26(17-21-30)25-8-3-2-4-9-25)33(24-39)34(41)38-32-13-7-11-27-10-5-6-12-31(27)32/h2-6,8-10,12,14-21,32-33H,7,11,13,22-24H2,1H3,(H,37,43)(H,38,41). The third kappa shape index (κ3) is 6.91. The zero-order valence-corrected chi connectivity index (χ0v) is 26.8. The molecule has 1 fully saturated rings. The van der Waals surface area contributed by atoms with E-state index in [2.05, 4.69) is 10.6 Å². The number of nitrogens with one attached hydrogen (secondary N) is 2. The van der Waals surface area contributed by atoms with Gasteiger partial charge in [0.2, 0.25) is 15.9 Å². The van der Waals surface area contributed by atoms with Crippen LogP contribution in [0.25, 0.3) is 11.1 Å². The normalized spacial score (nSPS) is 18.1. The van der Waals surface area contributed by atoms with E-state index in [1.54, 1.807) is 36.4 Å². The maximum Gasteiger partial charge on any atom is 0.337 e. The molecule has 10 nitrogen and oxygen atoms in total. The highest BCUT2D eigenvalue weighted by Crippen LogP contribution is 2.31. The molecular formula is C36H36N4O6S. The number of urea groups is 1. The van der Waals surface area contributed by atoms with E-state index in [9.17, 15) is 22.8 Å². The Labute approximate surface area is 274 Å². The summed E-state index contributed by atoms with van der Waals surface area (Å²) in [5.41, 5.74) is 4.80. The second kappa shape index (κ2) is 13.8. The third-order valence-corrected chi connectivity index (χ3v) is 10.7. The van der Waals surface area contributed by atoms with Crippen molar-refractivity contribution in [3.63, 3.8) is 0 Å². The van der Waals surface area contributed by atoms with Crippen LogP contribution in [0.15, 0.2) is 108 Å². The van der Waals surface area contributed by atoms with Crippen LogP contribution in [0.5, 0.6) is 0 Å². The fraction of sp³-hybridized carbons (Fsp3) is 0.250. The van der Waals surface area contributed by atoms with Gasteiger partial charge in [-0.05, 0) is 77.9 Å². The van der Waals surface area contributed by atoms with Gasteiger partial charge in [-0.1, -0.05) is 66.7 Å². The summed E-state index contributed by atoms with van der Waals surface area (Å²) in [5, 5.41) is 5.91. The van der Waals surface area contributed by atoms with Gasteiger partial charge in [0.25, 0.3) is 0 Å². The Bertz CT molecular complexity index is 1860. The summed E-state index contributed by atoms with van der Waals surface area (Å²) in [5.74, 6) is -0.958. The van der Waals surface area contributed by atoms with Crippen molar-refractivity contribution in [1.82, 2.24) is 14.5 Å². The third-order valence-electron chi connectivity index (χ3n) is 8.73. The van der Waals surface area contributed by atoms with Crippen molar-refractivity contribution in [2.24, 2.45) is 0 Å². The quantitative estimate of drug-likeness (QED) is 0.263. The van der Waals surface area contributed by atoms with Gasteiger partial charge >= 0.3 is 12.0 Å². The Morgan fingerprint density at radius 3 is 2.21 bits per heavy atom. The van der Waals surface area contributed by atoms with Crippen LogP contribution in [-0.4, -0.2) is 68.3 Å². The second-order valence-electron chi connectivity index (χ2n) is 11.6. The highest BCUT2D eigenvalue weighted by Gasteiger charge is 2.42. The highest BCUT2D eigenvalue weighted by molar-refractivity contribution is 7.89. The Kier molecular flexibility index (Phi) is 9.37. The molecule has 6 rings (SSSR count). The van der Waals surface area contributed by atoms with E-state index < -0.39 is 34.0 Å². The Hall–Kier alpha value is -5.00. The first-order chi connectivity index (χ1) is 22.7. The number of carbonyl (C=O) groups excluding carboxylic acids is 3. The molecule has 11 heteroatoms. The monoisotopic (exact) mass is 652 g/mol. The summed E-state index contributed by atoms with van der Waals surface area (Å²) in [6.45, 7) is -0.145. The number of sulfonamides is 1. The first-order valence-electron chi connectivity index (χ1n) is 15.5. The van der Waals surface area contributed by atoms with Crippen LogP contribution in [0.2, 0.25) is 0 Å². The maximum absolute atomic E-state index is 14.1. The van der Waals surface area contributed by atoms with Gasteiger partial charge in [0.15, 0.2) is 0 Å². The van der Waals surface area contributed by atoms with Gasteiger partial charge < -0.3 is 20.3 Å². The summed E-state index contributed by atoms with van der Waals surface area (Å²) < 4.78 is 34.2. The molecule has 0 spiro atoms. The van der Waals surface area contributed by atoms with E-state index in [-0.39, 0.29) is 30.6 Å². The SMILES string of the molecule is COC(=O)c1ccc(NC(=O)N2CCN(S(=O)(=O)c3ccc(-c4ccccc4)cc3)C(C(=O)NC3CCCc4ccccc43)C2)cc1. The molecule has 3 amide bonds. The van der Waals surface area contributed by atoms with E-state index in [0.717, 1.165) is 41.5 Å². The van der Waals surface area contributed by atoms with Crippen LogP contribution in [0.1, 0.15) is 40.4 Å². The largest absolute Gasteiger partial charge is 0.465 e. The number of methoxy groups -OCH3 is 1. The first kappa shape index (κ1) is 32.0. The van der Waals surface area contributed by atoms with E-state index in [1.807, 2.05) is 54.6 Å². The molecule has 1 aliphatic heterocycles. The predicted octanol–water partition coefficient (Wildman–Crippen LogP) is 5.24. The number of piperazine rings is 1. The molecule has 1 aliphatic carbocycles. The van der Waals surface area contributed by atoms with Gasteiger partial charge in [0, 0.05) is 25.3 Å². The average Bonchev–Trinajstić information content (AvgIpc) is 3.12. The van der Waals surface area contributed by atoms with Crippen molar-refractivity contribution in [3.8, 4) is 11.1 Å². The van der Waals surface area contributed by atoms with Crippen LogP contribution >= 0.6 is 0 Å². The predicted molar refractivity (Wildman–Crippen MR) is 178 cm³/mol. The molecule has 2 N–H and O–H groups in total. The summed E-state index contributed by atoms with van der Waals surface area (Å²) >= 11 is 0. The van der Waals surface area contributed by atoms with Gasteiger partial charge in [-0.2, -0.15) is 4.31 Å². The van der Waals surface area contributed by atoms with Crippen LogP contribution in [0.4, 0.5) is 10.5 Å². The number of benzene rings is 4. The topological polar surface area (TPSA) is 125 Å². The van der Waals surface area contributed by atoms with Crippen LogP contribution in [0, 0.1) is 0 Å². The average molecular weight is 653 g/mol. The molecule has 2 aliphatic rings. The van der Waals surface area contributed by atoms with Gasteiger partial charge in [-0.25, -0.2) is 18.0 Å². The number of hydrogen-bond acceptors (Lipinski definition) is 6. The molecule has 4 aromatic carbocycles. The summed E-state index contributed by atoms with van der Waals surface area (Å²) in [4.78, 5) is 40.7. The number of hydrogen-bond donors (Lipinski definition) is 2. The van der Waals surface area contributed by atoms with Crippen molar-refractivity contribution >= 4 is 33.6 Å². The summed E-state index contributed by atoms with van der Waals surface area (Å²) in [6, 6.07) is 28.5. The van der Waals surface area contributed by atoms with Crippen molar-refractivity contribution in [1.29, 1.82) is 0 Å². The fourth-order valence-corrected chi connectivity index (χ4v) is 7.79. The lowest BCUT2D eigenvalue weighted by atomic mass is 9.87. The number of aryl methyl sites for hydroxylation is 1. The number of ether oxygens (including phenoxy) is 1. The molecular weight excluding hydrogens is 616 g/mol. The number of fused-ring (bicyclic) bond motifs is 1. The van der Waals surface area contributed by atoms with E-state index in [4.69, 9.17) is 4.74 Å². The molecule has 1 saturated heterocycles. The lowest BCUT2D eigenvalue weighted by molar-refractivity contribution is -0.127. The van der Waals surface area contributed by atoms with Crippen LogP contribution in [0.3, 0.4) is 0 Å². The number of carbonyl (C=O) groups is 3. The van der Waals surface area contributed by atoms with Crippen LogP contribution in [-0.2, 0) is 26.0 Å². The fourth-order valence-electron chi connectivity index (χ4n) is 6.22. The zero-order valence-electron chi connectivity index (χ0n) is 26.0. The molecule has 2 atom stereocenters.